The van der Waals surface area contributed by atoms with Crippen LogP contribution in [-0.2, 0) is 11.2 Å². The molecule has 1 atom stereocenters. The minimum absolute atomic E-state index is 0.0841. The van der Waals surface area contributed by atoms with E-state index in [9.17, 15) is 4.79 Å². The van der Waals surface area contributed by atoms with Gasteiger partial charge in [0.05, 0.1) is 0 Å². The normalized spacial score (nSPS) is 18.9. The molecule has 0 radical (unpaired) electrons. The maximum atomic E-state index is 10.6. The van der Waals surface area contributed by atoms with Crippen molar-refractivity contribution in [2.45, 2.75) is 25.3 Å². The molecule has 1 aromatic rings. The summed E-state index contributed by atoms with van der Waals surface area (Å²) in [5.74, 6) is 0.192. The van der Waals surface area contributed by atoms with Gasteiger partial charge in [-0.15, -0.1) is 0 Å². The smallest absolute Gasteiger partial charge is 0.255 e. The first-order valence-electron chi connectivity index (χ1n) is 5.46. The van der Waals surface area contributed by atoms with Gasteiger partial charge in [-0.2, -0.15) is 0 Å². The van der Waals surface area contributed by atoms with Crippen molar-refractivity contribution < 1.29 is 9.53 Å². The van der Waals surface area contributed by atoms with Crippen molar-refractivity contribution in [1.29, 1.82) is 0 Å². The van der Waals surface area contributed by atoms with Crippen LogP contribution < -0.4 is 16.2 Å². The van der Waals surface area contributed by atoms with Crippen molar-refractivity contribution in [2.75, 3.05) is 6.61 Å². The van der Waals surface area contributed by atoms with Gasteiger partial charge in [-0.05, 0) is 42.5 Å². The highest BCUT2D eigenvalue weighted by atomic mass is 16.5. The Labute approximate surface area is 94.6 Å². The Morgan fingerprint density at radius 1 is 1.50 bits per heavy atom. The molecular formula is C12H16N2O2. The summed E-state index contributed by atoms with van der Waals surface area (Å²) in [5, 5.41) is 0. The van der Waals surface area contributed by atoms with Crippen molar-refractivity contribution in [3.8, 4) is 5.75 Å². The summed E-state index contributed by atoms with van der Waals surface area (Å²) >= 11 is 0. The molecule has 4 nitrogen and oxygen atoms in total. The number of aryl methyl sites for hydroxylation is 1. The third-order valence-electron chi connectivity index (χ3n) is 2.86. The number of primary amides is 1. The third kappa shape index (κ3) is 2.33. The highest BCUT2D eigenvalue weighted by Crippen LogP contribution is 2.30. The Kier molecular flexibility index (Phi) is 3.10. The molecule has 0 spiro atoms. The van der Waals surface area contributed by atoms with E-state index in [0.717, 1.165) is 24.8 Å². The molecule has 4 N–H and O–H groups in total. The van der Waals surface area contributed by atoms with Gasteiger partial charge in [-0.1, -0.05) is 6.07 Å². The molecule has 0 saturated heterocycles. The van der Waals surface area contributed by atoms with Crippen LogP contribution in [0.25, 0.3) is 0 Å². The number of carbonyl (C=O) groups is 1. The summed E-state index contributed by atoms with van der Waals surface area (Å²) in [7, 11) is 0. The summed E-state index contributed by atoms with van der Waals surface area (Å²) in [5.41, 5.74) is 13.5. The lowest BCUT2D eigenvalue weighted by Gasteiger charge is -2.22. The molecule has 0 fully saturated rings. The van der Waals surface area contributed by atoms with E-state index in [1.165, 1.54) is 5.56 Å². The van der Waals surface area contributed by atoms with Crippen molar-refractivity contribution in [1.82, 2.24) is 0 Å². The van der Waals surface area contributed by atoms with Crippen LogP contribution >= 0.6 is 0 Å². The summed E-state index contributed by atoms with van der Waals surface area (Å²) < 4.78 is 5.25. The van der Waals surface area contributed by atoms with Crippen LogP contribution in [0.2, 0.25) is 0 Å². The molecule has 1 amide bonds. The quantitative estimate of drug-likeness (QED) is 0.794. The van der Waals surface area contributed by atoms with E-state index in [0.29, 0.717) is 5.75 Å². The van der Waals surface area contributed by atoms with Gasteiger partial charge in [0.1, 0.15) is 5.75 Å². The maximum absolute atomic E-state index is 10.6. The molecule has 0 bridgehead atoms. The predicted octanol–water partition coefficient (Wildman–Crippen LogP) is 0.887. The first-order valence-corrected chi connectivity index (χ1v) is 5.46. The first-order chi connectivity index (χ1) is 7.66. The first kappa shape index (κ1) is 11.0. The van der Waals surface area contributed by atoms with Crippen molar-refractivity contribution in [3.63, 3.8) is 0 Å². The topological polar surface area (TPSA) is 78.3 Å². The second-order valence-corrected chi connectivity index (χ2v) is 4.11. The number of nitrogens with two attached hydrogens (primary N) is 2. The average molecular weight is 220 g/mol. The second-order valence-electron chi connectivity index (χ2n) is 4.11. The molecule has 1 aliphatic rings. The molecule has 0 heterocycles. The molecule has 0 aromatic heterocycles. The number of hydrogen-bond donors (Lipinski definition) is 2. The summed E-state index contributed by atoms with van der Waals surface area (Å²) in [4.78, 5) is 10.6. The van der Waals surface area contributed by atoms with Crippen LogP contribution in [-0.4, -0.2) is 12.5 Å². The number of amides is 1. The monoisotopic (exact) mass is 220 g/mol. The summed E-state index contributed by atoms with van der Waals surface area (Å²) in [6.45, 7) is -0.0893. The standard InChI is InChI=1S/C12H16N2O2/c13-11-3-1-2-8-4-5-9(6-10(8)11)16-7-12(14)15/h4-6,11H,1-3,7,13H2,(H2,14,15)/t11-/m1/s1. The van der Waals surface area contributed by atoms with Crippen molar-refractivity contribution in [3.05, 3.63) is 29.3 Å². The van der Waals surface area contributed by atoms with Gasteiger partial charge >= 0.3 is 0 Å². The lowest BCUT2D eigenvalue weighted by atomic mass is 9.88. The Morgan fingerprint density at radius 2 is 2.31 bits per heavy atom. The van der Waals surface area contributed by atoms with Crippen molar-refractivity contribution >= 4 is 5.91 Å². The molecule has 16 heavy (non-hydrogen) atoms. The molecule has 2 rings (SSSR count). The van der Waals surface area contributed by atoms with E-state index in [2.05, 4.69) is 0 Å². The van der Waals surface area contributed by atoms with E-state index in [-0.39, 0.29) is 12.6 Å². The molecule has 86 valence electrons. The number of rotatable bonds is 3. The van der Waals surface area contributed by atoms with Gasteiger partial charge in [0.2, 0.25) is 0 Å². The number of hydrogen-bond acceptors (Lipinski definition) is 3. The van der Waals surface area contributed by atoms with E-state index >= 15 is 0 Å². The zero-order valence-electron chi connectivity index (χ0n) is 9.11. The van der Waals surface area contributed by atoms with Crippen LogP contribution in [0.15, 0.2) is 18.2 Å². The molecule has 1 aromatic carbocycles. The van der Waals surface area contributed by atoms with Gasteiger partial charge in [-0.3, -0.25) is 4.79 Å². The van der Waals surface area contributed by atoms with Gasteiger partial charge in [0.25, 0.3) is 5.91 Å². The van der Waals surface area contributed by atoms with Gasteiger partial charge in [0.15, 0.2) is 6.61 Å². The summed E-state index contributed by atoms with van der Waals surface area (Å²) in [6, 6.07) is 5.88. The number of ether oxygens (including phenoxy) is 1. The number of carbonyl (C=O) groups excluding carboxylic acids is 1. The zero-order valence-corrected chi connectivity index (χ0v) is 9.11. The lowest BCUT2D eigenvalue weighted by Crippen LogP contribution is -2.21. The Hall–Kier alpha value is -1.55. The van der Waals surface area contributed by atoms with E-state index in [4.69, 9.17) is 16.2 Å². The van der Waals surface area contributed by atoms with Crippen molar-refractivity contribution in [2.24, 2.45) is 11.5 Å². The SMILES string of the molecule is NC(=O)COc1ccc2c(c1)[C@H](N)CCC2. The lowest BCUT2D eigenvalue weighted by molar-refractivity contribution is -0.119. The van der Waals surface area contributed by atoms with Gasteiger partial charge in [0, 0.05) is 6.04 Å². The van der Waals surface area contributed by atoms with E-state index in [1.807, 2.05) is 18.2 Å². The minimum Gasteiger partial charge on any atom is -0.484 e. The van der Waals surface area contributed by atoms with Crippen LogP contribution in [0, 0.1) is 0 Å². The highest BCUT2D eigenvalue weighted by molar-refractivity contribution is 5.75. The van der Waals surface area contributed by atoms with Crippen LogP contribution in [0.1, 0.15) is 30.0 Å². The predicted molar refractivity (Wildman–Crippen MR) is 61.0 cm³/mol. The van der Waals surface area contributed by atoms with Crippen LogP contribution in [0.3, 0.4) is 0 Å². The van der Waals surface area contributed by atoms with Crippen LogP contribution in [0.4, 0.5) is 0 Å². The summed E-state index contributed by atoms with van der Waals surface area (Å²) in [6.07, 6.45) is 3.21. The Morgan fingerprint density at radius 3 is 3.06 bits per heavy atom. The third-order valence-corrected chi connectivity index (χ3v) is 2.86. The van der Waals surface area contributed by atoms with Crippen LogP contribution in [0.5, 0.6) is 5.75 Å². The average Bonchev–Trinajstić information content (AvgIpc) is 2.27. The zero-order chi connectivity index (χ0) is 11.5. The fourth-order valence-electron chi connectivity index (χ4n) is 2.06. The molecule has 0 aliphatic heterocycles. The molecule has 4 heteroatoms. The van der Waals surface area contributed by atoms with E-state index < -0.39 is 5.91 Å². The largest absolute Gasteiger partial charge is 0.484 e. The molecular weight excluding hydrogens is 204 g/mol. The van der Waals surface area contributed by atoms with Gasteiger partial charge < -0.3 is 16.2 Å². The number of fused-ring (bicyclic) bond motifs is 1. The molecule has 0 unspecified atom stereocenters. The van der Waals surface area contributed by atoms with Gasteiger partial charge in [-0.25, -0.2) is 0 Å². The molecule has 1 aliphatic carbocycles. The number of benzene rings is 1. The highest BCUT2D eigenvalue weighted by Gasteiger charge is 2.17. The Balaban J connectivity index is 2.17. The maximum Gasteiger partial charge on any atom is 0.255 e. The Bertz CT molecular complexity index is 404. The fourth-order valence-corrected chi connectivity index (χ4v) is 2.06. The second kappa shape index (κ2) is 4.53. The van der Waals surface area contributed by atoms with E-state index in [1.54, 1.807) is 0 Å². The molecule has 0 saturated carbocycles. The fraction of sp³-hybridized carbons (Fsp3) is 0.417. The minimum atomic E-state index is -0.470.